The molecule has 0 spiro atoms. The maximum absolute atomic E-state index is 15.1. The molecule has 39 heavy (non-hydrogen) atoms. The molecule has 208 valence electrons. The second-order valence-electron chi connectivity index (χ2n) is 9.83. The zero-order valence-electron chi connectivity index (χ0n) is 22.3. The van der Waals surface area contributed by atoms with Crippen molar-refractivity contribution in [2.24, 2.45) is 5.92 Å². The molecule has 0 amide bonds. The van der Waals surface area contributed by atoms with Gasteiger partial charge in [0.1, 0.15) is 5.82 Å². The van der Waals surface area contributed by atoms with Gasteiger partial charge in [-0.05, 0) is 92.3 Å². The van der Waals surface area contributed by atoms with E-state index in [0.29, 0.717) is 43.4 Å². The number of aryl methyl sites for hydroxylation is 1. The first kappa shape index (κ1) is 28.7. The molecule has 0 fully saturated rings. The third-order valence-corrected chi connectivity index (χ3v) is 7.20. The molecule has 0 bridgehead atoms. The lowest BCUT2D eigenvalue weighted by atomic mass is 9.83. The Bertz CT molecular complexity index is 1330. The fourth-order valence-electron chi connectivity index (χ4n) is 4.92. The quantitative estimate of drug-likeness (QED) is 0.177. The molecule has 2 nitrogen and oxygen atoms in total. The van der Waals surface area contributed by atoms with Crippen LogP contribution in [-0.4, -0.2) is 13.2 Å². The Labute approximate surface area is 226 Å². The predicted octanol–water partition coefficient (Wildman–Crippen LogP) is 9.44. The van der Waals surface area contributed by atoms with Crippen molar-refractivity contribution in [3.63, 3.8) is 0 Å². The van der Waals surface area contributed by atoms with E-state index < -0.39 is 29.1 Å². The second-order valence-corrected chi connectivity index (χ2v) is 9.83. The number of halogens is 5. The molecule has 1 atom stereocenters. The maximum Gasteiger partial charge on any atom is 0.201 e. The lowest BCUT2D eigenvalue weighted by molar-refractivity contribution is 0.288. The van der Waals surface area contributed by atoms with Gasteiger partial charge in [0, 0.05) is 11.1 Å². The first-order chi connectivity index (χ1) is 18.8. The van der Waals surface area contributed by atoms with Gasteiger partial charge in [0.15, 0.2) is 23.1 Å². The van der Waals surface area contributed by atoms with E-state index in [4.69, 9.17) is 9.47 Å². The van der Waals surface area contributed by atoms with Crippen LogP contribution >= 0.6 is 0 Å². The van der Waals surface area contributed by atoms with Gasteiger partial charge in [0.05, 0.1) is 13.2 Å². The van der Waals surface area contributed by atoms with Crippen LogP contribution in [0.2, 0.25) is 0 Å². The molecule has 3 aromatic carbocycles. The molecule has 0 radical (unpaired) electrons. The fraction of sp³-hybridized carbons (Fsp3) is 0.375. The molecule has 3 aromatic rings. The van der Waals surface area contributed by atoms with Crippen LogP contribution in [0, 0.1) is 35.0 Å². The van der Waals surface area contributed by atoms with Crippen LogP contribution in [0.5, 0.6) is 11.5 Å². The Kier molecular flexibility index (Phi) is 9.65. The van der Waals surface area contributed by atoms with E-state index in [1.165, 1.54) is 24.3 Å². The third kappa shape index (κ3) is 6.63. The molecule has 1 aliphatic carbocycles. The van der Waals surface area contributed by atoms with Gasteiger partial charge in [-0.1, -0.05) is 37.6 Å². The van der Waals surface area contributed by atoms with Crippen molar-refractivity contribution in [1.82, 2.24) is 0 Å². The molecule has 0 heterocycles. The van der Waals surface area contributed by atoms with Gasteiger partial charge in [-0.3, -0.25) is 0 Å². The number of unbranched alkanes of at least 4 members (excludes halogenated alkanes) is 1. The summed E-state index contributed by atoms with van der Waals surface area (Å²) in [5.41, 5.74) is 1.80. The van der Waals surface area contributed by atoms with Crippen molar-refractivity contribution >= 4 is 5.57 Å². The van der Waals surface area contributed by atoms with Crippen molar-refractivity contribution in [2.45, 2.75) is 58.8 Å². The van der Waals surface area contributed by atoms with Crippen LogP contribution in [-0.2, 0) is 6.42 Å². The predicted molar refractivity (Wildman–Crippen MR) is 143 cm³/mol. The second kappa shape index (κ2) is 13.1. The van der Waals surface area contributed by atoms with Crippen LogP contribution in [0.3, 0.4) is 0 Å². The van der Waals surface area contributed by atoms with E-state index in [2.05, 4.69) is 0 Å². The summed E-state index contributed by atoms with van der Waals surface area (Å²) in [5, 5.41) is 0. The SMILES string of the molecule is CCCCOc1ccc(CCC2CC=C(c3ccc(-c4ccc(OCC)c(F)c4F)cc3F)CC2)c(F)c1F. The van der Waals surface area contributed by atoms with Crippen LogP contribution in [0.4, 0.5) is 22.0 Å². The zero-order valence-corrected chi connectivity index (χ0v) is 22.3. The smallest absolute Gasteiger partial charge is 0.201 e. The van der Waals surface area contributed by atoms with E-state index >= 15 is 4.39 Å². The molecule has 0 saturated carbocycles. The summed E-state index contributed by atoms with van der Waals surface area (Å²) < 4.78 is 83.3. The van der Waals surface area contributed by atoms with E-state index in [9.17, 15) is 17.6 Å². The van der Waals surface area contributed by atoms with Gasteiger partial charge in [-0.15, -0.1) is 0 Å². The minimum absolute atomic E-state index is 0.0386. The average Bonchev–Trinajstić information content (AvgIpc) is 2.94. The highest BCUT2D eigenvalue weighted by atomic mass is 19.2. The molecule has 1 aliphatic rings. The number of benzene rings is 3. The van der Waals surface area contributed by atoms with E-state index in [-0.39, 0.29) is 35.2 Å². The van der Waals surface area contributed by atoms with Crippen LogP contribution in [0.25, 0.3) is 16.7 Å². The number of allylic oxidation sites excluding steroid dienone is 2. The standard InChI is InChI=1S/C32H33F5O2/c1-3-5-18-39-28-16-13-22(29(34)31(28)36)11-8-20-6-9-21(10-7-20)24-14-12-23(19-26(24)33)25-15-17-27(38-4-2)32(37)30(25)35/h9,12-17,19-20H,3-8,10-11,18H2,1-2H3. The lowest BCUT2D eigenvalue weighted by Crippen LogP contribution is -2.09. The summed E-state index contributed by atoms with van der Waals surface area (Å²) in [5.74, 6) is -4.47. The first-order valence-electron chi connectivity index (χ1n) is 13.5. The van der Waals surface area contributed by atoms with Crippen molar-refractivity contribution in [3.8, 4) is 22.6 Å². The van der Waals surface area contributed by atoms with Crippen LogP contribution in [0.15, 0.2) is 48.5 Å². The Balaban J connectivity index is 1.39. The molecule has 0 N–H and O–H groups in total. The number of ether oxygens (including phenoxy) is 2. The molecular formula is C32H33F5O2. The number of rotatable bonds is 11. The Morgan fingerprint density at radius 2 is 1.51 bits per heavy atom. The fourth-order valence-corrected chi connectivity index (χ4v) is 4.92. The van der Waals surface area contributed by atoms with E-state index in [1.54, 1.807) is 25.1 Å². The van der Waals surface area contributed by atoms with Gasteiger partial charge >= 0.3 is 0 Å². The Hall–Kier alpha value is -3.35. The average molecular weight is 545 g/mol. The van der Waals surface area contributed by atoms with Gasteiger partial charge < -0.3 is 9.47 Å². The molecule has 0 aliphatic heterocycles. The molecule has 0 saturated heterocycles. The van der Waals surface area contributed by atoms with E-state index in [0.717, 1.165) is 24.8 Å². The molecule has 4 rings (SSSR count). The molecule has 1 unspecified atom stereocenters. The topological polar surface area (TPSA) is 18.5 Å². The Morgan fingerprint density at radius 3 is 2.21 bits per heavy atom. The van der Waals surface area contributed by atoms with Crippen molar-refractivity contribution in [3.05, 3.63) is 88.8 Å². The summed E-state index contributed by atoms with van der Waals surface area (Å²) in [7, 11) is 0. The summed E-state index contributed by atoms with van der Waals surface area (Å²) in [6.07, 6.45) is 6.85. The van der Waals surface area contributed by atoms with Gasteiger partial charge in [0.2, 0.25) is 11.6 Å². The summed E-state index contributed by atoms with van der Waals surface area (Å²) >= 11 is 0. The highest BCUT2D eigenvalue weighted by Crippen LogP contribution is 2.36. The number of hydrogen-bond acceptors (Lipinski definition) is 2. The molecule has 7 heteroatoms. The highest BCUT2D eigenvalue weighted by molar-refractivity contribution is 5.72. The maximum atomic E-state index is 15.1. The number of hydrogen-bond donors (Lipinski definition) is 0. The van der Waals surface area contributed by atoms with Crippen LogP contribution in [0.1, 0.15) is 63.5 Å². The normalized spacial score (nSPS) is 15.3. The first-order valence-corrected chi connectivity index (χ1v) is 13.5. The third-order valence-electron chi connectivity index (χ3n) is 7.20. The van der Waals surface area contributed by atoms with Gasteiger partial charge in [-0.2, -0.15) is 8.78 Å². The molecule has 0 aromatic heterocycles. The van der Waals surface area contributed by atoms with Crippen molar-refractivity contribution in [1.29, 1.82) is 0 Å². The summed E-state index contributed by atoms with van der Waals surface area (Å²) in [6, 6.07) is 10.2. The van der Waals surface area contributed by atoms with Crippen molar-refractivity contribution in [2.75, 3.05) is 13.2 Å². The largest absolute Gasteiger partial charge is 0.491 e. The minimum atomic E-state index is -1.10. The molecular weight excluding hydrogens is 511 g/mol. The monoisotopic (exact) mass is 544 g/mol. The van der Waals surface area contributed by atoms with Gasteiger partial charge in [-0.25, -0.2) is 13.2 Å². The van der Waals surface area contributed by atoms with Gasteiger partial charge in [0.25, 0.3) is 0 Å². The Morgan fingerprint density at radius 1 is 0.795 bits per heavy atom. The summed E-state index contributed by atoms with van der Waals surface area (Å²) in [4.78, 5) is 0. The summed E-state index contributed by atoms with van der Waals surface area (Å²) in [6.45, 7) is 4.22. The van der Waals surface area contributed by atoms with E-state index in [1.807, 2.05) is 13.0 Å². The highest BCUT2D eigenvalue weighted by Gasteiger charge is 2.21. The lowest BCUT2D eigenvalue weighted by Gasteiger charge is -2.23. The van der Waals surface area contributed by atoms with Crippen LogP contribution < -0.4 is 9.47 Å². The minimum Gasteiger partial charge on any atom is -0.491 e. The zero-order chi connectivity index (χ0) is 27.9. The van der Waals surface area contributed by atoms with Crippen molar-refractivity contribution < 1.29 is 31.4 Å².